The first kappa shape index (κ1) is 11.7. The van der Waals surface area contributed by atoms with Crippen LogP contribution in [0.4, 0.5) is 0 Å². The van der Waals surface area contributed by atoms with Crippen molar-refractivity contribution in [3.8, 4) is 0 Å². The van der Waals surface area contributed by atoms with Gasteiger partial charge in [0, 0.05) is 6.42 Å². The fourth-order valence-corrected chi connectivity index (χ4v) is 4.61. The SMILES string of the molecule is CC1(C)C[C@@H]2[C@H]1CC[C@]1(C)O[C@@]2(C)CCC1=O. The Kier molecular flexibility index (Phi) is 2.16. The first-order valence-electron chi connectivity index (χ1n) is 7.00. The van der Waals surface area contributed by atoms with Gasteiger partial charge in [-0.1, -0.05) is 13.8 Å². The highest BCUT2D eigenvalue weighted by Gasteiger charge is 2.61. The normalized spacial score (nSPS) is 52.4. The van der Waals surface area contributed by atoms with Crippen molar-refractivity contribution in [1.29, 1.82) is 0 Å². The van der Waals surface area contributed by atoms with Crippen LogP contribution in [-0.2, 0) is 9.53 Å². The van der Waals surface area contributed by atoms with Crippen molar-refractivity contribution < 1.29 is 9.53 Å². The molecule has 0 N–H and O–H groups in total. The lowest BCUT2D eigenvalue weighted by Gasteiger charge is -2.58. The van der Waals surface area contributed by atoms with E-state index in [1.807, 2.05) is 6.92 Å². The summed E-state index contributed by atoms with van der Waals surface area (Å²) in [6.07, 6.45) is 5.00. The number of ether oxygens (including phenoxy) is 1. The molecule has 3 fully saturated rings. The number of fused-ring (bicyclic) bond motifs is 4. The van der Waals surface area contributed by atoms with E-state index in [-0.39, 0.29) is 5.60 Å². The average molecular weight is 236 g/mol. The Morgan fingerprint density at radius 3 is 2.47 bits per heavy atom. The van der Waals surface area contributed by atoms with E-state index < -0.39 is 5.60 Å². The van der Waals surface area contributed by atoms with Gasteiger partial charge in [0.2, 0.25) is 0 Å². The van der Waals surface area contributed by atoms with Gasteiger partial charge in [0.15, 0.2) is 5.78 Å². The summed E-state index contributed by atoms with van der Waals surface area (Å²) in [5.74, 6) is 1.75. The Labute approximate surface area is 104 Å². The number of carbonyl (C=O) groups excluding carboxylic acids is 1. The van der Waals surface area contributed by atoms with E-state index in [4.69, 9.17) is 4.74 Å². The Morgan fingerprint density at radius 2 is 1.82 bits per heavy atom. The van der Waals surface area contributed by atoms with Gasteiger partial charge >= 0.3 is 0 Å². The first-order valence-corrected chi connectivity index (χ1v) is 7.00. The van der Waals surface area contributed by atoms with Crippen molar-refractivity contribution in [2.45, 2.75) is 71.0 Å². The second-order valence-electron chi connectivity index (χ2n) is 7.51. The number of rotatable bonds is 0. The maximum absolute atomic E-state index is 12.1. The Bertz CT molecular complexity index is 373. The number of hydrogen-bond acceptors (Lipinski definition) is 2. The Morgan fingerprint density at radius 1 is 1.12 bits per heavy atom. The molecule has 2 heterocycles. The van der Waals surface area contributed by atoms with Gasteiger partial charge < -0.3 is 4.74 Å². The molecule has 17 heavy (non-hydrogen) atoms. The highest BCUT2D eigenvalue weighted by molar-refractivity contribution is 5.87. The van der Waals surface area contributed by atoms with Crippen LogP contribution in [0.25, 0.3) is 0 Å². The zero-order valence-corrected chi connectivity index (χ0v) is 11.5. The topological polar surface area (TPSA) is 26.3 Å². The Hall–Kier alpha value is -0.370. The number of ketones is 1. The highest BCUT2D eigenvalue weighted by Crippen LogP contribution is 2.62. The van der Waals surface area contributed by atoms with Crippen LogP contribution in [0.15, 0.2) is 0 Å². The van der Waals surface area contributed by atoms with E-state index >= 15 is 0 Å². The fraction of sp³-hybridized carbons (Fsp3) is 0.933. The van der Waals surface area contributed by atoms with Crippen LogP contribution in [-0.4, -0.2) is 17.0 Å². The van der Waals surface area contributed by atoms with Gasteiger partial charge in [-0.2, -0.15) is 0 Å². The van der Waals surface area contributed by atoms with Crippen LogP contribution < -0.4 is 0 Å². The molecule has 3 aliphatic rings. The molecule has 0 aromatic heterocycles. The molecule has 0 spiro atoms. The number of hydrogen-bond donors (Lipinski definition) is 0. The van der Waals surface area contributed by atoms with Gasteiger partial charge in [-0.15, -0.1) is 0 Å². The van der Waals surface area contributed by atoms with Crippen LogP contribution in [0, 0.1) is 17.3 Å². The Balaban J connectivity index is 1.96. The summed E-state index contributed by atoms with van der Waals surface area (Å²) in [4.78, 5) is 12.1. The molecule has 0 unspecified atom stereocenters. The average Bonchev–Trinajstić information content (AvgIpc) is 2.28. The molecule has 0 amide bonds. The number of Topliss-reactive ketones (excluding diaryl/α,β-unsaturated/α-hetero) is 1. The maximum Gasteiger partial charge on any atom is 0.164 e. The lowest BCUT2D eigenvalue weighted by atomic mass is 9.50. The van der Waals surface area contributed by atoms with E-state index in [0.717, 1.165) is 31.6 Å². The third-order valence-electron chi connectivity index (χ3n) is 5.85. The standard InChI is InChI=1S/C15H24O2/c1-13(2)9-11-10(13)5-7-15(4)12(16)6-8-14(11,3)17-15/h10-11H,5-9H2,1-4H3/t10-,11-,14+,15+/m1/s1. The molecule has 0 aromatic carbocycles. The van der Waals surface area contributed by atoms with Crippen molar-refractivity contribution in [2.75, 3.05) is 0 Å². The molecule has 96 valence electrons. The van der Waals surface area contributed by atoms with Crippen LogP contribution in [0.3, 0.4) is 0 Å². The van der Waals surface area contributed by atoms with E-state index in [9.17, 15) is 4.79 Å². The van der Waals surface area contributed by atoms with E-state index in [1.165, 1.54) is 6.42 Å². The monoisotopic (exact) mass is 236 g/mol. The molecule has 0 aromatic rings. The third kappa shape index (κ3) is 1.46. The minimum absolute atomic E-state index is 0.0423. The van der Waals surface area contributed by atoms with Gasteiger partial charge in [-0.25, -0.2) is 0 Å². The fourth-order valence-electron chi connectivity index (χ4n) is 4.61. The van der Waals surface area contributed by atoms with Gasteiger partial charge in [-0.3, -0.25) is 4.79 Å². The summed E-state index contributed by atoms with van der Waals surface area (Å²) >= 11 is 0. The van der Waals surface area contributed by atoms with Crippen molar-refractivity contribution in [3.63, 3.8) is 0 Å². The first-order chi connectivity index (χ1) is 7.77. The zero-order chi connectivity index (χ0) is 12.5. The van der Waals surface area contributed by atoms with Crippen LogP contribution in [0.2, 0.25) is 0 Å². The summed E-state index contributed by atoms with van der Waals surface area (Å²) in [7, 11) is 0. The van der Waals surface area contributed by atoms with Gasteiger partial charge in [0.05, 0.1) is 5.60 Å². The molecular formula is C15H24O2. The predicted molar refractivity (Wildman–Crippen MR) is 66.7 cm³/mol. The summed E-state index contributed by atoms with van der Waals surface area (Å²) in [6.45, 7) is 9.01. The predicted octanol–water partition coefficient (Wildman–Crippen LogP) is 3.34. The molecule has 2 saturated heterocycles. The van der Waals surface area contributed by atoms with Gasteiger partial charge in [0.1, 0.15) is 5.60 Å². The number of carbonyl (C=O) groups is 1. The molecule has 4 atom stereocenters. The van der Waals surface area contributed by atoms with E-state index in [0.29, 0.717) is 17.1 Å². The molecule has 3 rings (SSSR count). The van der Waals surface area contributed by atoms with E-state index in [2.05, 4.69) is 20.8 Å². The quantitative estimate of drug-likeness (QED) is 0.645. The summed E-state index contributed by atoms with van der Waals surface area (Å²) in [5, 5.41) is 0. The van der Waals surface area contributed by atoms with E-state index in [1.54, 1.807) is 0 Å². The van der Waals surface area contributed by atoms with Crippen molar-refractivity contribution in [1.82, 2.24) is 0 Å². The molecule has 2 heteroatoms. The maximum atomic E-state index is 12.1. The molecule has 2 bridgehead atoms. The lowest BCUT2D eigenvalue weighted by molar-refractivity contribution is -0.215. The zero-order valence-electron chi connectivity index (χ0n) is 11.5. The van der Waals surface area contributed by atoms with Crippen molar-refractivity contribution >= 4 is 5.78 Å². The summed E-state index contributed by atoms with van der Waals surface area (Å²) in [5.41, 5.74) is -0.0757. The molecule has 1 saturated carbocycles. The van der Waals surface area contributed by atoms with Gasteiger partial charge in [-0.05, 0) is 56.8 Å². The third-order valence-corrected chi connectivity index (χ3v) is 5.85. The molecule has 2 aliphatic heterocycles. The van der Waals surface area contributed by atoms with Crippen molar-refractivity contribution in [2.24, 2.45) is 17.3 Å². The second kappa shape index (κ2) is 3.14. The molecule has 2 nitrogen and oxygen atoms in total. The minimum Gasteiger partial charge on any atom is -0.361 e. The molecular weight excluding hydrogens is 212 g/mol. The second-order valence-corrected chi connectivity index (χ2v) is 7.51. The lowest BCUT2D eigenvalue weighted by Crippen LogP contribution is -2.58. The summed E-state index contributed by atoms with van der Waals surface area (Å²) in [6, 6.07) is 0. The molecule has 1 aliphatic carbocycles. The minimum atomic E-state index is -0.486. The van der Waals surface area contributed by atoms with Crippen molar-refractivity contribution in [3.05, 3.63) is 0 Å². The smallest absolute Gasteiger partial charge is 0.164 e. The highest BCUT2D eigenvalue weighted by atomic mass is 16.5. The molecule has 0 radical (unpaired) electrons. The summed E-state index contributed by atoms with van der Waals surface area (Å²) < 4.78 is 6.31. The largest absolute Gasteiger partial charge is 0.361 e. The van der Waals surface area contributed by atoms with Gasteiger partial charge in [0.25, 0.3) is 0 Å². The van der Waals surface area contributed by atoms with Crippen LogP contribution in [0.5, 0.6) is 0 Å². The van der Waals surface area contributed by atoms with Crippen LogP contribution >= 0.6 is 0 Å². The van der Waals surface area contributed by atoms with Crippen LogP contribution in [0.1, 0.15) is 59.8 Å².